The van der Waals surface area contributed by atoms with E-state index in [0.29, 0.717) is 17.7 Å². The van der Waals surface area contributed by atoms with Gasteiger partial charge in [-0.1, -0.05) is 93.5 Å². The van der Waals surface area contributed by atoms with Crippen molar-refractivity contribution in [2.24, 2.45) is 11.5 Å². The molecule has 0 radical (unpaired) electrons. The smallest absolute Gasteiger partial charge is 0.508 e. The highest BCUT2D eigenvalue weighted by atomic mass is 35.6. The molecule has 3 amide bonds. The second-order valence-corrected chi connectivity index (χ2v) is 20.2. The van der Waals surface area contributed by atoms with Crippen molar-refractivity contribution >= 4 is 146 Å². The van der Waals surface area contributed by atoms with E-state index in [2.05, 4.69) is 20.3 Å². The highest BCUT2D eigenvalue weighted by Gasteiger charge is 2.45. The number of thioether (sulfide) groups is 2. The Morgan fingerprint density at radius 2 is 1.52 bits per heavy atom. The third-order valence-corrected chi connectivity index (χ3v) is 11.4. The number of benzene rings is 2. The third kappa shape index (κ3) is 13.4. The zero-order valence-electron chi connectivity index (χ0n) is 32.5. The van der Waals surface area contributed by atoms with E-state index >= 15 is 0 Å². The number of carboxylic acid groups (broad SMARTS) is 2. The van der Waals surface area contributed by atoms with E-state index in [9.17, 15) is 48.6 Å². The van der Waals surface area contributed by atoms with Crippen molar-refractivity contribution in [3.63, 3.8) is 0 Å². The molecule has 66 heavy (non-hydrogen) atoms. The predicted octanol–water partition coefficient (Wildman–Crippen LogP) is 4.48. The van der Waals surface area contributed by atoms with E-state index in [4.69, 9.17) is 105 Å². The molecule has 0 saturated carbocycles. The minimum Gasteiger partial charge on any atom is -0.508 e. The topological polar surface area (TPSA) is 346 Å². The second kappa shape index (κ2) is 21.5. The molecule has 4 aromatic rings. The number of β-lactam (4-membered cyclic amide) rings is 1. The Morgan fingerprint density at radius 1 is 0.924 bits per heavy atom. The summed E-state index contributed by atoms with van der Waals surface area (Å²) in [5.41, 5.74) is 9.46. The Bertz CT molecular complexity index is 2690. The lowest BCUT2D eigenvalue weighted by Gasteiger charge is -2.43. The highest BCUT2D eigenvalue weighted by Crippen LogP contribution is 2.41. The Kier molecular flexibility index (Phi) is 16.8. The Labute approximate surface area is 406 Å². The van der Waals surface area contributed by atoms with Gasteiger partial charge in [-0.25, -0.2) is 19.1 Å². The number of aromatic nitrogens is 4. The molecule has 7 N–H and O–H groups in total. The summed E-state index contributed by atoms with van der Waals surface area (Å²) in [6.45, 7) is -1.91. The number of carbonyl (C=O) groups is 7. The van der Waals surface area contributed by atoms with Crippen LogP contribution in [0, 0.1) is 0 Å². The number of amides is 3. The molecule has 1 unspecified atom stereocenters. The van der Waals surface area contributed by atoms with Crippen molar-refractivity contribution in [3.05, 3.63) is 74.8 Å². The van der Waals surface area contributed by atoms with Gasteiger partial charge in [-0.15, -0.1) is 16.9 Å². The Morgan fingerprint density at radius 3 is 2.03 bits per heavy atom. The van der Waals surface area contributed by atoms with Crippen molar-refractivity contribution in [1.82, 2.24) is 25.1 Å². The predicted molar refractivity (Wildman–Crippen MR) is 233 cm³/mol. The van der Waals surface area contributed by atoms with Crippen LogP contribution in [-0.2, 0) is 35.2 Å². The number of primary amides is 2. The number of rotatable bonds is 14. The van der Waals surface area contributed by atoms with Crippen molar-refractivity contribution in [3.8, 4) is 17.2 Å². The van der Waals surface area contributed by atoms with Crippen LogP contribution in [-0.4, -0.2) is 120 Å². The van der Waals surface area contributed by atoms with Gasteiger partial charge in [-0.3, -0.25) is 28.9 Å². The van der Waals surface area contributed by atoms with Crippen molar-refractivity contribution in [2.75, 3.05) is 24.7 Å². The summed E-state index contributed by atoms with van der Waals surface area (Å²) in [6, 6.07) is 6.70. The van der Waals surface area contributed by atoms with Gasteiger partial charge in [0.15, 0.2) is 11.5 Å². The SMILES string of the molecule is NC(=O)c1c(C(C(N)=O)c2ccc(O)cc2)oc2cc(OC(=O)OCC(Cl)(Cl)Cl)c(OC(=O)OCC(Cl)(Cl)Cl)cc2c1=O.O=C(O)Cn1nnnc1SCC1=C(C(=O)O)N2C(=O)C[C@@H]2SC1. The molecule has 4 heterocycles. The quantitative estimate of drug-likeness (QED) is 0.0382. The number of fused-ring (bicyclic) bond motifs is 2. The van der Waals surface area contributed by atoms with E-state index in [1.165, 1.54) is 40.9 Å². The zero-order valence-corrected chi connectivity index (χ0v) is 38.7. The average molecular weight is 1080 g/mol. The number of ether oxygens (including phenoxy) is 4. The standard InChI is InChI=1S/C24H16Cl6N2O11.C11H11N5O5S2/c25-23(26,27)7-39-21(37)42-13-5-11-12(6-14(13)43-22(38)40-8-24(28,29)30)41-18(16(17(11)34)20(32)36)15(19(31)35)9-1-3-10(33)4-2-9;17-6-1-7-16(6)9(10(20)21)5(3-22-7)4-23-11-12-13-14-15(11)2-8(18)19/h1-6,15,33H,7-8H2,(H2,31,35)(H2,32,36);7H,1-4H2,(H,18,19)(H,20,21)/t;7-/m.0/s1. The minimum absolute atomic E-state index is 0.0229. The number of halogens is 6. The summed E-state index contributed by atoms with van der Waals surface area (Å²) >= 11 is 36.0. The van der Waals surface area contributed by atoms with Gasteiger partial charge in [0.25, 0.3) is 5.91 Å². The van der Waals surface area contributed by atoms with Crippen LogP contribution in [0.15, 0.2) is 62.0 Å². The Balaban J connectivity index is 0.000000296. The summed E-state index contributed by atoms with van der Waals surface area (Å²) < 4.78 is 22.2. The van der Waals surface area contributed by atoms with Crippen LogP contribution in [0.5, 0.6) is 17.2 Å². The fraction of sp³-hybridized carbons (Fsp3) is 0.286. The first-order valence-corrected chi connectivity index (χ1v) is 22.0. The number of aromatic hydroxyl groups is 1. The molecule has 2 atom stereocenters. The van der Waals surface area contributed by atoms with Gasteiger partial charge in [-0.2, -0.15) is 0 Å². The number of carbonyl (C=O) groups excluding carboxylic acids is 5. The summed E-state index contributed by atoms with van der Waals surface area (Å²) in [6.07, 6.45) is -2.60. The lowest BCUT2D eigenvalue weighted by molar-refractivity contribution is -0.146. The number of tetrazole rings is 1. The number of aliphatic carboxylic acids is 2. The van der Waals surface area contributed by atoms with Gasteiger partial charge in [-0.05, 0) is 39.8 Å². The molecule has 6 rings (SSSR count). The first-order valence-electron chi connectivity index (χ1n) is 17.7. The lowest BCUT2D eigenvalue weighted by atomic mass is 9.91. The molecular formula is C35H27Cl6N7O16S2. The summed E-state index contributed by atoms with van der Waals surface area (Å²) in [5.74, 6) is -7.61. The summed E-state index contributed by atoms with van der Waals surface area (Å²) in [7, 11) is 0. The molecule has 2 aliphatic rings. The number of hydrogen-bond donors (Lipinski definition) is 5. The van der Waals surface area contributed by atoms with E-state index in [-0.39, 0.29) is 45.7 Å². The monoisotopic (exact) mass is 1070 g/mol. The molecule has 0 bridgehead atoms. The van der Waals surface area contributed by atoms with Crippen LogP contribution in [0.4, 0.5) is 9.59 Å². The van der Waals surface area contributed by atoms with E-state index < -0.39 is 102 Å². The fourth-order valence-corrected chi connectivity index (χ4v) is 8.32. The number of nitrogens with zero attached hydrogens (tertiary/aromatic N) is 5. The molecule has 0 spiro atoms. The van der Waals surface area contributed by atoms with Gasteiger partial charge >= 0.3 is 24.2 Å². The zero-order chi connectivity index (χ0) is 48.8. The van der Waals surface area contributed by atoms with Gasteiger partial charge in [0.05, 0.1) is 17.2 Å². The molecule has 352 valence electrons. The van der Waals surface area contributed by atoms with E-state index in [1.807, 2.05) is 0 Å². The summed E-state index contributed by atoms with van der Waals surface area (Å²) in [4.78, 5) is 98.1. The summed E-state index contributed by atoms with van der Waals surface area (Å²) in [5, 5.41) is 38.3. The van der Waals surface area contributed by atoms with Crippen LogP contribution in [0.1, 0.15) is 34.0 Å². The van der Waals surface area contributed by atoms with Crippen LogP contribution < -0.4 is 26.4 Å². The minimum atomic E-state index is -2.02. The van der Waals surface area contributed by atoms with Gasteiger partial charge < -0.3 is 50.2 Å². The maximum atomic E-state index is 13.5. The third-order valence-electron chi connectivity index (χ3n) is 8.39. The number of carboxylic acids is 2. The number of hydrogen-bond acceptors (Lipinski definition) is 19. The number of phenols is 1. The fourth-order valence-electron chi connectivity index (χ4n) is 5.71. The normalized spacial score (nSPS) is 15.1. The molecule has 1 fully saturated rings. The largest absolute Gasteiger partial charge is 0.514 e. The van der Waals surface area contributed by atoms with E-state index in [0.717, 1.165) is 28.6 Å². The second-order valence-electron chi connectivity index (χ2n) is 13.1. The molecular weight excluding hydrogens is 1050 g/mol. The molecule has 2 aromatic heterocycles. The molecule has 31 heteroatoms. The first-order chi connectivity index (χ1) is 30.8. The maximum absolute atomic E-state index is 13.5. The van der Waals surface area contributed by atoms with Gasteiger partial charge in [0.1, 0.15) is 54.0 Å². The number of phenolic OH excluding ortho intramolecular Hbond substituents is 1. The molecule has 23 nitrogen and oxygen atoms in total. The van der Waals surface area contributed by atoms with Gasteiger partial charge in [0, 0.05) is 17.6 Å². The van der Waals surface area contributed by atoms with Crippen LogP contribution >= 0.6 is 93.1 Å². The van der Waals surface area contributed by atoms with Crippen molar-refractivity contribution < 1.29 is 72.2 Å². The Hall–Kier alpha value is -5.41. The maximum Gasteiger partial charge on any atom is 0.514 e. The number of nitrogens with two attached hydrogens (primary N) is 2. The van der Waals surface area contributed by atoms with Crippen LogP contribution in [0.25, 0.3) is 11.0 Å². The van der Waals surface area contributed by atoms with Crippen LogP contribution in [0.3, 0.4) is 0 Å². The highest BCUT2D eigenvalue weighted by molar-refractivity contribution is 8.00. The van der Waals surface area contributed by atoms with Crippen molar-refractivity contribution in [1.29, 1.82) is 0 Å². The lowest BCUT2D eigenvalue weighted by Crippen LogP contribution is -2.54. The van der Waals surface area contributed by atoms with Crippen molar-refractivity contribution in [2.45, 2.75) is 37.0 Å². The van der Waals surface area contributed by atoms with Crippen LogP contribution in [0.2, 0.25) is 0 Å². The van der Waals surface area contributed by atoms with E-state index in [1.54, 1.807) is 0 Å². The molecule has 1 saturated heterocycles. The molecule has 2 aromatic carbocycles. The molecule has 2 aliphatic heterocycles. The molecule has 0 aliphatic carbocycles. The number of alkyl halides is 6. The van der Waals surface area contributed by atoms with Gasteiger partial charge in [0.2, 0.25) is 30.0 Å². The average Bonchev–Trinajstić information content (AvgIpc) is 3.64. The first kappa shape index (κ1) is 51.6.